The lowest BCUT2D eigenvalue weighted by Crippen LogP contribution is -2.39. The Morgan fingerprint density at radius 1 is 1.40 bits per heavy atom. The Balaban J connectivity index is 1.77. The highest BCUT2D eigenvalue weighted by molar-refractivity contribution is 7.89. The number of rotatable bonds is 4. The molecule has 1 amide bonds. The lowest BCUT2D eigenvalue weighted by Gasteiger charge is -2.26. The van der Waals surface area contributed by atoms with Gasteiger partial charge in [-0.3, -0.25) is 10.1 Å². The van der Waals surface area contributed by atoms with Crippen LogP contribution in [0, 0.1) is 13.8 Å². The Bertz CT molecular complexity index is 912. The highest BCUT2D eigenvalue weighted by Gasteiger charge is 2.31. The number of nitrogens with one attached hydrogen (secondary N) is 1. The van der Waals surface area contributed by atoms with Crippen molar-refractivity contribution in [1.82, 2.24) is 9.29 Å². The number of nitrogens with zero attached hydrogens (tertiary/aromatic N) is 2. The Labute approximate surface area is 151 Å². The molecule has 0 fully saturated rings. The average molecular weight is 383 g/mol. The second-order valence-corrected chi connectivity index (χ2v) is 9.92. The maximum absolute atomic E-state index is 12.4. The van der Waals surface area contributed by atoms with Gasteiger partial charge in [0.1, 0.15) is 11.5 Å². The maximum atomic E-state index is 12.4. The van der Waals surface area contributed by atoms with Crippen LogP contribution < -0.4 is 5.32 Å². The van der Waals surface area contributed by atoms with E-state index in [0.29, 0.717) is 41.7 Å². The highest BCUT2D eigenvalue weighted by atomic mass is 32.2. The Morgan fingerprint density at radius 2 is 2.12 bits per heavy atom. The largest absolute Gasteiger partial charge is 0.466 e. The van der Waals surface area contributed by atoms with Gasteiger partial charge in [0.05, 0.1) is 16.5 Å². The fourth-order valence-electron chi connectivity index (χ4n) is 2.76. The first kappa shape index (κ1) is 18.1. The molecule has 136 valence electrons. The predicted octanol–water partition coefficient (Wildman–Crippen LogP) is 2.70. The standard InChI is InChI=1S/C16H21N3O4S2/c1-9(2)25(21,22)19-6-5-13-14(8-19)24-16(17-13)18-15(20)12-7-10(3)23-11(12)4/h7,9H,5-6,8H2,1-4H3,(H,17,18,20). The van der Waals surface area contributed by atoms with E-state index >= 15 is 0 Å². The third-order valence-corrected chi connectivity index (χ3v) is 7.38. The van der Waals surface area contributed by atoms with E-state index in [1.165, 1.54) is 15.6 Å². The van der Waals surface area contributed by atoms with E-state index in [1.54, 1.807) is 33.8 Å². The number of thiazole rings is 1. The Hall–Kier alpha value is -1.71. The highest BCUT2D eigenvalue weighted by Crippen LogP contribution is 2.30. The fourth-order valence-corrected chi connectivity index (χ4v) is 5.11. The zero-order chi connectivity index (χ0) is 18.4. The number of fused-ring (bicyclic) bond motifs is 1. The van der Waals surface area contributed by atoms with E-state index in [4.69, 9.17) is 4.42 Å². The van der Waals surface area contributed by atoms with Gasteiger partial charge < -0.3 is 4.42 Å². The summed E-state index contributed by atoms with van der Waals surface area (Å²) in [6.45, 7) is 7.62. The Morgan fingerprint density at radius 3 is 2.72 bits per heavy atom. The molecule has 0 unspecified atom stereocenters. The van der Waals surface area contributed by atoms with E-state index < -0.39 is 15.3 Å². The minimum Gasteiger partial charge on any atom is -0.466 e. The zero-order valence-corrected chi connectivity index (χ0v) is 16.3. The van der Waals surface area contributed by atoms with E-state index in [1.807, 2.05) is 0 Å². The molecule has 0 radical (unpaired) electrons. The minimum absolute atomic E-state index is 0.271. The number of hydrogen-bond donors (Lipinski definition) is 1. The molecule has 1 N–H and O–H groups in total. The van der Waals surface area contributed by atoms with Gasteiger partial charge in [0.15, 0.2) is 5.13 Å². The van der Waals surface area contributed by atoms with Gasteiger partial charge >= 0.3 is 0 Å². The number of furan rings is 1. The number of anilines is 1. The number of sulfonamides is 1. The van der Waals surface area contributed by atoms with Gasteiger partial charge in [-0.15, -0.1) is 11.3 Å². The Kier molecular flexibility index (Phi) is 4.74. The van der Waals surface area contributed by atoms with E-state index in [0.717, 1.165) is 10.6 Å². The molecule has 7 nitrogen and oxygen atoms in total. The van der Waals surface area contributed by atoms with Crippen molar-refractivity contribution < 1.29 is 17.6 Å². The topological polar surface area (TPSA) is 92.5 Å². The maximum Gasteiger partial charge on any atom is 0.260 e. The van der Waals surface area contributed by atoms with E-state index in [9.17, 15) is 13.2 Å². The molecule has 1 aliphatic rings. The minimum atomic E-state index is -3.29. The second-order valence-electron chi connectivity index (χ2n) is 6.35. The van der Waals surface area contributed by atoms with Crippen LogP contribution in [0.4, 0.5) is 5.13 Å². The molecule has 0 atom stereocenters. The summed E-state index contributed by atoms with van der Waals surface area (Å²) in [4.78, 5) is 17.7. The van der Waals surface area contributed by atoms with Crippen molar-refractivity contribution in [2.75, 3.05) is 11.9 Å². The summed E-state index contributed by atoms with van der Waals surface area (Å²) >= 11 is 1.32. The smallest absolute Gasteiger partial charge is 0.260 e. The van der Waals surface area contributed by atoms with Crippen molar-refractivity contribution in [3.05, 3.63) is 33.7 Å². The van der Waals surface area contributed by atoms with Crippen molar-refractivity contribution >= 4 is 32.4 Å². The first-order valence-corrected chi connectivity index (χ1v) is 10.4. The van der Waals surface area contributed by atoms with E-state index in [-0.39, 0.29) is 5.91 Å². The summed E-state index contributed by atoms with van der Waals surface area (Å²) in [6, 6.07) is 1.69. The number of aromatic nitrogens is 1. The van der Waals surface area contributed by atoms with Gasteiger partial charge in [-0.1, -0.05) is 0 Å². The molecule has 0 saturated carbocycles. The third kappa shape index (κ3) is 3.49. The van der Waals surface area contributed by atoms with Gasteiger partial charge in [0.25, 0.3) is 5.91 Å². The van der Waals surface area contributed by atoms with Crippen molar-refractivity contribution in [3.8, 4) is 0 Å². The second kappa shape index (κ2) is 6.54. The van der Waals surface area contributed by atoms with Crippen LogP contribution in [0.25, 0.3) is 0 Å². The SMILES string of the molecule is Cc1cc(C(=O)Nc2nc3c(s2)CN(S(=O)(=O)C(C)C)CC3)c(C)o1. The van der Waals surface area contributed by atoms with Gasteiger partial charge in [-0.2, -0.15) is 4.31 Å². The van der Waals surface area contributed by atoms with Gasteiger partial charge in [-0.05, 0) is 33.8 Å². The van der Waals surface area contributed by atoms with Crippen LogP contribution in [0.3, 0.4) is 0 Å². The van der Waals surface area contributed by atoms with Crippen LogP contribution in [-0.2, 0) is 23.0 Å². The first-order chi connectivity index (χ1) is 11.7. The molecule has 2 aromatic heterocycles. The fraction of sp³-hybridized carbons (Fsp3) is 0.500. The number of carbonyl (C=O) groups is 1. The van der Waals surface area contributed by atoms with Crippen LogP contribution in [-0.4, -0.2) is 35.4 Å². The molecular weight excluding hydrogens is 362 g/mol. The zero-order valence-electron chi connectivity index (χ0n) is 14.6. The third-order valence-electron chi connectivity index (χ3n) is 4.16. The van der Waals surface area contributed by atoms with Crippen LogP contribution in [0.1, 0.15) is 46.3 Å². The van der Waals surface area contributed by atoms with Crippen molar-refractivity contribution in [2.24, 2.45) is 0 Å². The summed E-state index contributed by atoms with van der Waals surface area (Å²) in [7, 11) is -3.29. The van der Waals surface area contributed by atoms with Crippen molar-refractivity contribution in [3.63, 3.8) is 0 Å². The lowest BCUT2D eigenvalue weighted by molar-refractivity contribution is 0.102. The summed E-state index contributed by atoms with van der Waals surface area (Å²) in [6.07, 6.45) is 0.553. The molecule has 1 aliphatic heterocycles. The monoisotopic (exact) mass is 383 g/mol. The van der Waals surface area contributed by atoms with Crippen LogP contribution in [0.15, 0.2) is 10.5 Å². The summed E-state index contributed by atoms with van der Waals surface area (Å²) in [5, 5.41) is 2.82. The summed E-state index contributed by atoms with van der Waals surface area (Å²) < 4.78 is 31.5. The molecule has 9 heteroatoms. The molecule has 0 aliphatic carbocycles. The van der Waals surface area contributed by atoms with Crippen LogP contribution in [0.5, 0.6) is 0 Å². The van der Waals surface area contributed by atoms with Crippen molar-refractivity contribution in [2.45, 2.75) is 45.9 Å². The quantitative estimate of drug-likeness (QED) is 0.876. The molecule has 3 heterocycles. The molecule has 0 aromatic carbocycles. The summed E-state index contributed by atoms with van der Waals surface area (Å²) in [5.41, 5.74) is 1.34. The van der Waals surface area contributed by atoms with Crippen molar-refractivity contribution in [1.29, 1.82) is 0 Å². The molecule has 2 aromatic rings. The number of aryl methyl sites for hydroxylation is 2. The van der Waals surface area contributed by atoms with Gasteiger partial charge in [0.2, 0.25) is 10.0 Å². The normalized spacial score (nSPS) is 15.4. The van der Waals surface area contributed by atoms with Gasteiger partial charge in [0, 0.05) is 24.4 Å². The van der Waals surface area contributed by atoms with Crippen LogP contribution in [0.2, 0.25) is 0 Å². The molecule has 0 spiro atoms. The van der Waals surface area contributed by atoms with Gasteiger partial charge in [-0.25, -0.2) is 13.4 Å². The summed E-state index contributed by atoms with van der Waals surface area (Å²) in [5.74, 6) is 0.966. The molecule has 0 saturated heterocycles. The molecule has 0 bridgehead atoms. The van der Waals surface area contributed by atoms with E-state index in [2.05, 4.69) is 10.3 Å². The molecule has 25 heavy (non-hydrogen) atoms. The number of hydrogen-bond acceptors (Lipinski definition) is 6. The number of carbonyl (C=O) groups excluding carboxylic acids is 1. The number of amides is 1. The predicted molar refractivity (Wildman–Crippen MR) is 96.4 cm³/mol. The van der Waals surface area contributed by atoms with Crippen LogP contribution >= 0.6 is 11.3 Å². The first-order valence-electron chi connectivity index (χ1n) is 8.04. The average Bonchev–Trinajstić information content (AvgIpc) is 3.08. The lowest BCUT2D eigenvalue weighted by atomic mass is 10.2. The molecular formula is C16H21N3O4S2. The molecule has 3 rings (SSSR count).